The highest BCUT2D eigenvalue weighted by Crippen LogP contribution is 2.30. The smallest absolute Gasteiger partial charge is 0.407 e. The van der Waals surface area contributed by atoms with Gasteiger partial charge in [-0.05, 0) is 57.9 Å². The third kappa shape index (κ3) is 5.02. The number of nitrogens with zero attached hydrogens (tertiary/aromatic N) is 3. The van der Waals surface area contributed by atoms with Gasteiger partial charge < -0.3 is 19.9 Å². The second-order valence-electron chi connectivity index (χ2n) is 8.78. The summed E-state index contributed by atoms with van der Waals surface area (Å²) in [5.74, 6) is 0.521. The monoisotopic (exact) mass is 421 g/mol. The van der Waals surface area contributed by atoms with E-state index in [0.29, 0.717) is 12.4 Å². The van der Waals surface area contributed by atoms with E-state index in [1.54, 1.807) is 6.20 Å². The number of amides is 1. The van der Waals surface area contributed by atoms with Crippen LogP contribution in [0.2, 0.25) is 0 Å². The molecule has 2 aromatic heterocycles. The molecule has 1 amide bonds. The summed E-state index contributed by atoms with van der Waals surface area (Å²) in [6.45, 7) is 7.14. The number of H-pyrrole nitrogens is 1. The number of carbonyl (C=O) groups is 1. The predicted octanol–water partition coefficient (Wildman–Crippen LogP) is 3.48. The van der Waals surface area contributed by atoms with E-state index in [4.69, 9.17) is 4.74 Å². The van der Waals surface area contributed by atoms with Crippen molar-refractivity contribution in [2.24, 2.45) is 0 Å². The van der Waals surface area contributed by atoms with Crippen LogP contribution in [0.1, 0.15) is 33.6 Å². The predicted molar refractivity (Wildman–Crippen MR) is 120 cm³/mol. The highest BCUT2D eigenvalue weighted by molar-refractivity contribution is 5.94. The normalized spacial score (nSPS) is 16.9. The van der Waals surface area contributed by atoms with Crippen LogP contribution >= 0.6 is 0 Å². The molecule has 0 saturated carbocycles. The largest absolute Gasteiger partial charge is 0.444 e. The molecule has 1 unspecified atom stereocenters. The number of alkyl carbamates (subject to hydrolysis) is 1. The van der Waals surface area contributed by atoms with Gasteiger partial charge >= 0.3 is 6.09 Å². The molecule has 0 radical (unpaired) electrons. The van der Waals surface area contributed by atoms with Crippen LogP contribution in [0.3, 0.4) is 0 Å². The standard InChI is InChI=1S/C23H27N5O3/c1-23(2,3)31-22(30)26-16-5-4-12-28(14-16)19-8-10-24-18-7-6-15(13-17(18)19)21-25-11-9-20(29)27-21/h6-11,13,16H,4-5,12,14H2,1-3H3,(H,26,30)(H,25,27,29). The van der Waals surface area contributed by atoms with E-state index in [2.05, 4.69) is 25.2 Å². The molecule has 2 N–H and O–H groups in total. The summed E-state index contributed by atoms with van der Waals surface area (Å²) in [5, 5.41) is 3.97. The van der Waals surface area contributed by atoms with Crippen molar-refractivity contribution in [2.75, 3.05) is 18.0 Å². The Morgan fingerprint density at radius 3 is 2.77 bits per heavy atom. The first-order valence-electron chi connectivity index (χ1n) is 10.5. The van der Waals surface area contributed by atoms with Crippen molar-refractivity contribution < 1.29 is 9.53 Å². The number of piperidine rings is 1. The lowest BCUT2D eigenvalue weighted by atomic mass is 10.0. The molecule has 1 aromatic carbocycles. The van der Waals surface area contributed by atoms with Crippen molar-refractivity contribution in [1.29, 1.82) is 0 Å². The summed E-state index contributed by atoms with van der Waals surface area (Å²) >= 11 is 0. The Morgan fingerprint density at radius 2 is 2.00 bits per heavy atom. The van der Waals surface area contributed by atoms with E-state index in [9.17, 15) is 9.59 Å². The van der Waals surface area contributed by atoms with Crippen LogP contribution in [0.25, 0.3) is 22.3 Å². The van der Waals surface area contributed by atoms with Crippen molar-refractivity contribution in [1.82, 2.24) is 20.3 Å². The van der Waals surface area contributed by atoms with E-state index >= 15 is 0 Å². The number of nitrogens with one attached hydrogen (secondary N) is 2. The molecule has 4 rings (SSSR count). The minimum absolute atomic E-state index is 0.00198. The SMILES string of the molecule is CC(C)(C)OC(=O)NC1CCCN(c2ccnc3ccc(-c4nccc(=O)[nH]4)cc23)C1. The molecule has 1 fully saturated rings. The van der Waals surface area contributed by atoms with E-state index in [-0.39, 0.29) is 17.7 Å². The number of anilines is 1. The molecule has 8 heteroatoms. The number of rotatable bonds is 3. The van der Waals surface area contributed by atoms with Crippen molar-refractivity contribution in [3.05, 3.63) is 53.1 Å². The summed E-state index contributed by atoms with van der Waals surface area (Å²) in [5.41, 5.74) is 2.01. The van der Waals surface area contributed by atoms with Gasteiger partial charge in [-0.25, -0.2) is 9.78 Å². The molecule has 0 aliphatic carbocycles. The first kappa shape index (κ1) is 20.8. The lowest BCUT2D eigenvalue weighted by Gasteiger charge is -2.35. The van der Waals surface area contributed by atoms with Crippen LogP contribution < -0.4 is 15.8 Å². The van der Waals surface area contributed by atoms with Crippen LogP contribution in [0.15, 0.2) is 47.5 Å². The van der Waals surface area contributed by atoms with Crippen LogP contribution in [0.4, 0.5) is 10.5 Å². The van der Waals surface area contributed by atoms with Crippen LogP contribution in [0.5, 0.6) is 0 Å². The zero-order valence-corrected chi connectivity index (χ0v) is 18.0. The third-order valence-corrected chi connectivity index (χ3v) is 5.15. The first-order valence-corrected chi connectivity index (χ1v) is 10.5. The molecule has 31 heavy (non-hydrogen) atoms. The van der Waals surface area contributed by atoms with Crippen LogP contribution in [0, 0.1) is 0 Å². The van der Waals surface area contributed by atoms with Gasteiger partial charge in [-0.15, -0.1) is 0 Å². The maximum atomic E-state index is 12.2. The average Bonchev–Trinajstić information content (AvgIpc) is 2.71. The number of aromatic amines is 1. The lowest BCUT2D eigenvalue weighted by Crippen LogP contribution is -2.49. The Balaban J connectivity index is 1.60. The Bertz CT molecular complexity index is 1150. The van der Waals surface area contributed by atoms with E-state index < -0.39 is 5.60 Å². The third-order valence-electron chi connectivity index (χ3n) is 5.15. The van der Waals surface area contributed by atoms with Gasteiger partial charge in [0.15, 0.2) is 0 Å². The molecule has 8 nitrogen and oxygen atoms in total. The Kier molecular flexibility index (Phi) is 5.63. The molecule has 3 aromatic rings. The average molecular weight is 422 g/mol. The number of carbonyl (C=O) groups excluding carboxylic acids is 1. The van der Waals surface area contributed by atoms with Gasteiger partial charge in [-0.1, -0.05) is 0 Å². The Morgan fingerprint density at radius 1 is 1.19 bits per heavy atom. The molecule has 0 bridgehead atoms. The fourth-order valence-electron chi connectivity index (χ4n) is 3.86. The number of fused-ring (bicyclic) bond motifs is 1. The van der Waals surface area contributed by atoms with Crippen LogP contribution in [-0.2, 0) is 4.74 Å². The number of hydrogen-bond acceptors (Lipinski definition) is 6. The van der Waals surface area contributed by atoms with Crippen molar-refractivity contribution in [3.8, 4) is 11.4 Å². The molecular formula is C23H27N5O3. The molecule has 1 atom stereocenters. The number of aromatic nitrogens is 3. The fourth-order valence-corrected chi connectivity index (χ4v) is 3.86. The summed E-state index contributed by atoms with van der Waals surface area (Å²) < 4.78 is 5.41. The number of hydrogen-bond donors (Lipinski definition) is 2. The topological polar surface area (TPSA) is 100 Å². The van der Waals surface area contributed by atoms with Gasteiger partial charge in [0.05, 0.1) is 5.52 Å². The quantitative estimate of drug-likeness (QED) is 0.672. The van der Waals surface area contributed by atoms with Crippen molar-refractivity contribution in [3.63, 3.8) is 0 Å². The number of pyridine rings is 1. The first-order chi connectivity index (χ1) is 14.8. The maximum Gasteiger partial charge on any atom is 0.407 e. The van der Waals surface area contributed by atoms with Crippen LogP contribution in [-0.4, -0.2) is 45.8 Å². The van der Waals surface area contributed by atoms with Crippen molar-refractivity contribution in [2.45, 2.75) is 45.3 Å². The Hall–Kier alpha value is -3.42. The molecule has 0 spiro atoms. The molecule has 1 aliphatic heterocycles. The minimum Gasteiger partial charge on any atom is -0.444 e. The van der Waals surface area contributed by atoms with Gasteiger partial charge in [0.1, 0.15) is 11.4 Å². The van der Waals surface area contributed by atoms with Crippen molar-refractivity contribution >= 4 is 22.7 Å². The molecule has 162 valence electrons. The van der Waals surface area contributed by atoms with Gasteiger partial charge in [0.2, 0.25) is 0 Å². The van der Waals surface area contributed by atoms with Gasteiger partial charge in [0, 0.05) is 54.2 Å². The summed E-state index contributed by atoms with van der Waals surface area (Å²) in [4.78, 5) is 37.7. The van der Waals surface area contributed by atoms with Gasteiger partial charge in [-0.2, -0.15) is 0 Å². The van der Waals surface area contributed by atoms with E-state index in [1.807, 2.05) is 45.0 Å². The molecular weight excluding hydrogens is 394 g/mol. The van der Waals surface area contributed by atoms with Gasteiger partial charge in [0.25, 0.3) is 5.56 Å². The molecule has 1 saturated heterocycles. The maximum absolute atomic E-state index is 12.2. The summed E-state index contributed by atoms with van der Waals surface area (Å²) in [6, 6.07) is 9.22. The second kappa shape index (κ2) is 8.37. The van der Waals surface area contributed by atoms with E-state index in [1.165, 1.54) is 12.3 Å². The van der Waals surface area contributed by atoms with E-state index in [0.717, 1.165) is 41.5 Å². The summed E-state index contributed by atoms with van der Waals surface area (Å²) in [7, 11) is 0. The zero-order valence-electron chi connectivity index (χ0n) is 18.0. The Labute approximate surface area is 180 Å². The van der Waals surface area contributed by atoms with Gasteiger partial charge in [-0.3, -0.25) is 9.78 Å². The fraction of sp³-hybridized carbons (Fsp3) is 0.391. The number of benzene rings is 1. The lowest BCUT2D eigenvalue weighted by molar-refractivity contribution is 0.0500. The summed E-state index contributed by atoms with van der Waals surface area (Å²) in [6.07, 6.45) is 4.77. The molecule has 3 heterocycles. The number of ether oxygens (including phenoxy) is 1. The minimum atomic E-state index is -0.525. The highest BCUT2D eigenvalue weighted by atomic mass is 16.6. The zero-order chi connectivity index (χ0) is 22.0. The molecule has 1 aliphatic rings. The highest BCUT2D eigenvalue weighted by Gasteiger charge is 2.25. The second-order valence-corrected chi connectivity index (χ2v) is 8.78.